The van der Waals surface area contributed by atoms with Crippen LogP contribution in [0, 0.1) is 0 Å². The van der Waals surface area contributed by atoms with E-state index in [4.69, 9.17) is 9.47 Å². The number of amides is 2. The molecule has 0 radical (unpaired) electrons. The number of hydrogen-bond acceptors (Lipinski definition) is 6. The zero-order valence-corrected chi connectivity index (χ0v) is 17.8. The standard InChI is InChI=1S/C19H19BrN2O5S/c1-3-27-19(25)22-9-8-13-14(10-22)28-17(15(13)18(24)26-2)21-16(23)11-4-6-12(20)7-5-11/h4-7H,3,8-10H2,1-2H3,(H,21,23). The number of rotatable bonds is 4. The van der Waals surface area contributed by atoms with E-state index >= 15 is 0 Å². The molecule has 0 unspecified atom stereocenters. The second-order valence-electron chi connectivity index (χ2n) is 6.03. The van der Waals surface area contributed by atoms with Gasteiger partial charge in [-0.1, -0.05) is 15.9 Å². The fourth-order valence-electron chi connectivity index (χ4n) is 2.96. The Morgan fingerprint density at radius 1 is 1.25 bits per heavy atom. The molecule has 0 fully saturated rings. The third kappa shape index (κ3) is 4.20. The van der Waals surface area contributed by atoms with Crippen molar-refractivity contribution in [1.29, 1.82) is 0 Å². The second-order valence-corrected chi connectivity index (χ2v) is 8.05. The molecule has 9 heteroatoms. The van der Waals surface area contributed by atoms with Crippen LogP contribution in [0.1, 0.15) is 38.1 Å². The molecule has 1 aromatic carbocycles. The number of carbonyl (C=O) groups is 3. The maximum Gasteiger partial charge on any atom is 0.410 e. The highest BCUT2D eigenvalue weighted by Gasteiger charge is 2.31. The molecule has 0 aliphatic carbocycles. The van der Waals surface area contributed by atoms with E-state index in [1.54, 1.807) is 36.1 Å². The fraction of sp³-hybridized carbons (Fsp3) is 0.316. The summed E-state index contributed by atoms with van der Waals surface area (Å²) in [5.74, 6) is -0.827. The van der Waals surface area contributed by atoms with Gasteiger partial charge in [0.05, 0.1) is 25.8 Å². The molecule has 2 heterocycles. The number of ether oxygens (including phenoxy) is 2. The van der Waals surface area contributed by atoms with Crippen molar-refractivity contribution in [3.05, 3.63) is 50.3 Å². The summed E-state index contributed by atoms with van der Waals surface area (Å²) in [6, 6.07) is 6.92. The van der Waals surface area contributed by atoms with Crippen molar-refractivity contribution in [3.8, 4) is 0 Å². The highest BCUT2D eigenvalue weighted by atomic mass is 79.9. The van der Waals surface area contributed by atoms with Gasteiger partial charge in [0.1, 0.15) is 5.00 Å². The first-order valence-electron chi connectivity index (χ1n) is 8.66. The Morgan fingerprint density at radius 2 is 1.96 bits per heavy atom. The Morgan fingerprint density at radius 3 is 2.61 bits per heavy atom. The monoisotopic (exact) mass is 466 g/mol. The van der Waals surface area contributed by atoms with E-state index in [1.165, 1.54) is 18.4 Å². The third-order valence-corrected chi connectivity index (χ3v) is 5.97. The van der Waals surface area contributed by atoms with Crippen molar-refractivity contribution in [2.75, 3.05) is 25.6 Å². The molecule has 0 saturated carbocycles. The smallest absolute Gasteiger partial charge is 0.410 e. The Bertz CT molecular complexity index is 910. The van der Waals surface area contributed by atoms with E-state index in [0.717, 1.165) is 14.9 Å². The number of halogens is 1. The Kier molecular flexibility index (Phi) is 6.35. The predicted molar refractivity (Wildman–Crippen MR) is 109 cm³/mol. The van der Waals surface area contributed by atoms with Gasteiger partial charge in [0, 0.05) is 21.5 Å². The minimum absolute atomic E-state index is 0.300. The van der Waals surface area contributed by atoms with E-state index < -0.39 is 5.97 Å². The molecule has 0 spiro atoms. The molecule has 1 N–H and O–H groups in total. The zero-order valence-electron chi connectivity index (χ0n) is 15.4. The lowest BCUT2D eigenvalue weighted by Gasteiger charge is -2.26. The first-order chi connectivity index (χ1) is 13.4. The first-order valence-corrected chi connectivity index (χ1v) is 10.3. The number of nitrogens with zero attached hydrogens (tertiary/aromatic N) is 1. The molecule has 28 heavy (non-hydrogen) atoms. The summed E-state index contributed by atoms with van der Waals surface area (Å²) in [5, 5.41) is 3.24. The van der Waals surface area contributed by atoms with E-state index in [2.05, 4.69) is 21.2 Å². The van der Waals surface area contributed by atoms with E-state index in [-0.39, 0.29) is 12.0 Å². The van der Waals surface area contributed by atoms with Gasteiger partial charge >= 0.3 is 12.1 Å². The number of benzene rings is 1. The van der Waals surface area contributed by atoms with Crippen molar-refractivity contribution in [2.45, 2.75) is 19.9 Å². The predicted octanol–water partition coefficient (Wildman–Crippen LogP) is 4.06. The van der Waals surface area contributed by atoms with Crippen molar-refractivity contribution >= 4 is 50.2 Å². The molecule has 0 atom stereocenters. The summed E-state index contributed by atoms with van der Waals surface area (Å²) in [6.07, 6.45) is 0.102. The summed E-state index contributed by atoms with van der Waals surface area (Å²) in [4.78, 5) is 39.4. The lowest BCUT2D eigenvalue weighted by molar-refractivity contribution is 0.0600. The number of hydrogen-bond donors (Lipinski definition) is 1. The number of esters is 1. The van der Waals surface area contributed by atoms with Gasteiger partial charge in [0.15, 0.2) is 0 Å². The average molecular weight is 467 g/mol. The summed E-state index contributed by atoms with van der Waals surface area (Å²) in [6.45, 7) is 2.82. The fourth-order valence-corrected chi connectivity index (χ4v) is 4.47. The van der Waals surface area contributed by atoms with Crippen molar-refractivity contribution < 1.29 is 23.9 Å². The lowest BCUT2D eigenvalue weighted by atomic mass is 10.0. The second kappa shape index (κ2) is 8.74. The quantitative estimate of drug-likeness (QED) is 0.686. The van der Waals surface area contributed by atoms with Crippen LogP contribution in [0.25, 0.3) is 0 Å². The van der Waals surface area contributed by atoms with Gasteiger partial charge in [-0.2, -0.15) is 0 Å². The lowest BCUT2D eigenvalue weighted by Crippen LogP contribution is -2.36. The largest absolute Gasteiger partial charge is 0.465 e. The third-order valence-electron chi connectivity index (χ3n) is 4.31. The van der Waals surface area contributed by atoms with E-state index in [9.17, 15) is 14.4 Å². The van der Waals surface area contributed by atoms with Crippen molar-refractivity contribution in [3.63, 3.8) is 0 Å². The number of methoxy groups -OCH3 is 1. The summed E-state index contributed by atoms with van der Waals surface area (Å²) in [7, 11) is 1.31. The SMILES string of the molecule is CCOC(=O)N1CCc2c(sc(NC(=O)c3ccc(Br)cc3)c2C(=O)OC)C1. The molecule has 1 aromatic heterocycles. The Labute approximate surface area is 174 Å². The minimum Gasteiger partial charge on any atom is -0.465 e. The Balaban J connectivity index is 1.89. The van der Waals surface area contributed by atoms with Crippen LogP contribution in [-0.2, 0) is 22.4 Å². The van der Waals surface area contributed by atoms with Crippen LogP contribution in [0.5, 0.6) is 0 Å². The first kappa shape index (κ1) is 20.3. The molecule has 1 aliphatic rings. The molecular weight excluding hydrogens is 448 g/mol. The number of fused-ring (bicyclic) bond motifs is 1. The van der Waals surface area contributed by atoms with Crippen LogP contribution in [0.3, 0.4) is 0 Å². The molecule has 0 bridgehead atoms. The average Bonchev–Trinajstić information content (AvgIpc) is 3.04. The molecule has 148 valence electrons. The molecule has 0 saturated heterocycles. The van der Waals surface area contributed by atoms with Gasteiger partial charge in [-0.05, 0) is 43.2 Å². The van der Waals surface area contributed by atoms with Gasteiger partial charge < -0.3 is 19.7 Å². The van der Waals surface area contributed by atoms with Gasteiger partial charge in [0.2, 0.25) is 0 Å². The maximum absolute atomic E-state index is 12.6. The zero-order chi connectivity index (χ0) is 20.3. The van der Waals surface area contributed by atoms with Crippen LogP contribution in [0.2, 0.25) is 0 Å². The minimum atomic E-state index is -0.506. The number of anilines is 1. The number of carbonyl (C=O) groups excluding carboxylic acids is 3. The topological polar surface area (TPSA) is 84.9 Å². The van der Waals surface area contributed by atoms with Crippen LogP contribution in [0.15, 0.2) is 28.7 Å². The van der Waals surface area contributed by atoms with Crippen molar-refractivity contribution in [1.82, 2.24) is 4.90 Å². The van der Waals surface area contributed by atoms with Crippen LogP contribution in [-0.4, -0.2) is 43.1 Å². The maximum atomic E-state index is 12.6. The highest BCUT2D eigenvalue weighted by molar-refractivity contribution is 9.10. The van der Waals surface area contributed by atoms with Gasteiger partial charge in [-0.15, -0.1) is 11.3 Å². The molecular formula is C19H19BrN2O5S. The number of thiophene rings is 1. The normalized spacial score (nSPS) is 12.9. The summed E-state index contributed by atoms with van der Waals surface area (Å²) in [5.41, 5.74) is 1.64. The van der Waals surface area contributed by atoms with Crippen LogP contribution >= 0.6 is 27.3 Å². The molecule has 7 nitrogen and oxygen atoms in total. The van der Waals surface area contributed by atoms with Gasteiger partial charge in [-0.3, -0.25) is 4.79 Å². The summed E-state index contributed by atoms with van der Waals surface area (Å²) >= 11 is 4.61. The molecule has 2 amide bonds. The van der Waals surface area contributed by atoms with E-state index in [1.807, 2.05) is 0 Å². The molecule has 2 aromatic rings. The number of nitrogens with one attached hydrogen (secondary N) is 1. The molecule has 1 aliphatic heterocycles. The molecule has 3 rings (SSSR count). The Hall–Kier alpha value is -2.39. The van der Waals surface area contributed by atoms with E-state index in [0.29, 0.717) is 42.2 Å². The van der Waals surface area contributed by atoms with Crippen LogP contribution in [0.4, 0.5) is 9.80 Å². The van der Waals surface area contributed by atoms with Gasteiger partial charge in [-0.25, -0.2) is 9.59 Å². The van der Waals surface area contributed by atoms with Crippen molar-refractivity contribution in [2.24, 2.45) is 0 Å². The summed E-state index contributed by atoms with van der Waals surface area (Å²) < 4.78 is 10.8. The van der Waals surface area contributed by atoms with Crippen LogP contribution < -0.4 is 5.32 Å². The highest BCUT2D eigenvalue weighted by Crippen LogP contribution is 2.38. The van der Waals surface area contributed by atoms with Gasteiger partial charge in [0.25, 0.3) is 5.91 Å².